The smallest absolute Gasteiger partial charge is 0.281 e. The van der Waals surface area contributed by atoms with Crippen LogP contribution in [0.4, 0.5) is 0 Å². The maximum Gasteiger partial charge on any atom is 0.281 e. The van der Waals surface area contributed by atoms with Crippen molar-refractivity contribution in [1.82, 2.24) is 15.5 Å². The lowest BCUT2D eigenvalue weighted by molar-refractivity contribution is 0.429. The van der Waals surface area contributed by atoms with Crippen LogP contribution in [0, 0.1) is 6.92 Å². The average Bonchev–Trinajstić information content (AvgIpc) is 2.78. The minimum absolute atomic E-state index is 0.412. The van der Waals surface area contributed by atoms with Crippen molar-refractivity contribution in [3.63, 3.8) is 0 Å². The van der Waals surface area contributed by atoms with Crippen LogP contribution in [0.2, 0.25) is 0 Å². The van der Waals surface area contributed by atoms with Crippen molar-refractivity contribution in [2.75, 3.05) is 7.05 Å². The Bertz CT molecular complexity index is 491. The minimum Gasteiger partial charge on any atom is -0.416 e. The summed E-state index contributed by atoms with van der Waals surface area (Å²) < 4.78 is 5.34. The summed E-state index contributed by atoms with van der Waals surface area (Å²) in [6, 6.07) is 8.85. The summed E-state index contributed by atoms with van der Waals surface area (Å²) in [5.41, 5.74) is 1.30. The first-order valence-corrected chi connectivity index (χ1v) is 6.79. The molecule has 1 unspecified atom stereocenters. The summed E-state index contributed by atoms with van der Waals surface area (Å²) in [6.45, 7) is 3.96. The molecule has 4 nitrogen and oxygen atoms in total. The third-order valence-corrected chi connectivity index (χ3v) is 3.60. The van der Waals surface area contributed by atoms with Gasteiger partial charge < -0.3 is 9.73 Å². The molecule has 0 aliphatic rings. The monoisotopic (exact) mass is 263 g/mol. The molecule has 0 fully saturated rings. The Hall–Kier alpha value is -1.33. The maximum absolute atomic E-state index is 5.34. The minimum atomic E-state index is 0.412. The molecule has 0 saturated carbocycles. The van der Waals surface area contributed by atoms with Crippen molar-refractivity contribution in [2.24, 2.45) is 0 Å². The van der Waals surface area contributed by atoms with Gasteiger partial charge in [-0.3, -0.25) is 0 Å². The van der Waals surface area contributed by atoms with Crippen LogP contribution in [0.1, 0.15) is 30.8 Å². The second-order valence-electron chi connectivity index (χ2n) is 4.01. The normalized spacial score (nSPS) is 12.6. The van der Waals surface area contributed by atoms with Gasteiger partial charge in [0.2, 0.25) is 5.89 Å². The van der Waals surface area contributed by atoms with E-state index in [1.807, 2.05) is 7.05 Å². The summed E-state index contributed by atoms with van der Waals surface area (Å²) >= 11 is 1.48. The highest BCUT2D eigenvalue weighted by Crippen LogP contribution is 2.27. The van der Waals surface area contributed by atoms with Gasteiger partial charge in [0.1, 0.15) is 0 Å². The van der Waals surface area contributed by atoms with Gasteiger partial charge in [0.25, 0.3) is 5.22 Å². The van der Waals surface area contributed by atoms with Gasteiger partial charge in [-0.1, -0.05) is 19.1 Å². The third-order valence-electron chi connectivity index (χ3n) is 2.75. The Balaban J connectivity index is 2.07. The second kappa shape index (κ2) is 6.02. The first kappa shape index (κ1) is 13.1. The number of nitrogens with one attached hydrogen (secondary N) is 1. The van der Waals surface area contributed by atoms with Gasteiger partial charge in [-0.25, -0.2) is 0 Å². The Morgan fingerprint density at radius 2 is 2.00 bits per heavy atom. The van der Waals surface area contributed by atoms with Gasteiger partial charge >= 0.3 is 0 Å². The third kappa shape index (κ3) is 3.11. The van der Waals surface area contributed by atoms with E-state index in [0.717, 1.165) is 11.3 Å². The molecule has 0 bridgehead atoms. The highest BCUT2D eigenvalue weighted by Gasteiger charge is 2.08. The summed E-state index contributed by atoms with van der Waals surface area (Å²) in [7, 11) is 1.98. The fourth-order valence-corrected chi connectivity index (χ4v) is 2.51. The number of aryl methyl sites for hydroxylation is 1. The summed E-state index contributed by atoms with van der Waals surface area (Å²) in [5, 5.41) is 11.6. The number of aromatic nitrogens is 2. The van der Waals surface area contributed by atoms with E-state index in [-0.39, 0.29) is 0 Å². The van der Waals surface area contributed by atoms with Gasteiger partial charge in [-0.2, -0.15) is 0 Å². The van der Waals surface area contributed by atoms with E-state index in [2.05, 4.69) is 46.7 Å². The summed E-state index contributed by atoms with van der Waals surface area (Å²) in [6.07, 6.45) is 1.08. The van der Waals surface area contributed by atoms with Crippen LogP contribution < -0.4 is 5.32 Å². The maximum atomic E-state index is 5.34. The van der Waals surface area contributed by atoms with E-state index >= 15 is 0 Å². The first-order valence-electron chi connectivity index (χ1n) is 5.98. The molecule has 1 N–H and O–H groups in total. The number of benzene rings is 1. The molecule has 1 aromatic carbocycles. The molecule has 0 aliphatic heterocycles. The molecule has 18 heavy (non-hydrogen) atoms. The van der Waals surface area contributed by atoms with Gasteiger partial charge in [-0.05, 0) is 42.9 Å². The SMILES string of the molecule is CCC(NC)c1ccc(Sc2nnc(C)o2)cc1. The molecular weight excluding hydrogens is 246 g/mol. The van der Waals surface area contributed by atoms with E-state index in [0.29, 0.717) is 17.2 Å². The molecule has 1 aromatic heterocycles. The zero-order valence-electron chi connectivity index (χ0n) is 10.8. The van der Waals surface area contributed by atoms with Crippen LogP contribution in [0.5, 0.6) is 0 Å². The van der Waals surface area contributed by atoms with Crippen molar-refractivity contribution in [1.29, 1.82) is 0 Å². The molecule has 2 aromatic rings. The van der Waals surface area contributed by atoms with Crippen LogP contribution in [-0.4, -0.2) is 17.2 Å². The lowest BCUT2D eigenvalue weighted by Gasteiger charge is -2.14. The molecule has 0 aliphatic carbocycles. The lowest BCUT2D eigenvalue weighted by atomic mass is 10.1. The number of hydrogen-bond acceptors (Lipinski definition) is 5. The summed E-state index contributed by atoms with van der Waals surface area (Å²) in [5.74, 6) is 0.593. The highest BCUT2D eigenvalue weighted by atomic mass is 32.2. The van der Waals surface area contributed by atoms with Gasteiger partial charge in [0.15, 0.2) is 0 Å². The Kier molecular flexibility index (Phi) is 4.38. The fraction of sp³-hybridized carbons (Fsp3) is 0.385. The largest absolute Gasteiger partial charge is 0.416 e. The Morgan fingerprint density at radius 3 is 2.50 bits per heavy atom. The predicted octanol–water partition coefficient (Wildman–Crippen LogP) is 3.20. The van der Waals surface area contributed by atoms with Crippen molar-refractivity contribution >= 4 is 11.8 Å². The van der Waals surface area contributed by atoms with Gasteiger partial charge in [0, 0.05) is 17.9 Å². The van der Waals surface area contributed by atoms with E-state index in [4.69, 9.17) is 4.42 Å². The van der Waals surface area contributed by atoms with Crippen LogP contribution in [0.25, 0.3) is 0 Å². The zero-order chi connectivity index (χ0) is 13.0. The molecule has 1 atom stereocenters. The van der Waals surface area contributed by atoms with E-state index < -0.39 is 0 Å². The predicted molar refractivity (Wildman–Crippen MR) is 71.7 cm³/mol. The van der Waals surface area contributed by atoms with Crippen LogP contribution in [0.3, 0.4) is 0 Å². The molecule has 1 heterocycles. The van der Waals surface area contributed by atoms with Crippen molar-refractivity contribution in [3.05, 3.63) is 35.7 Å². The van der Waals surface area contributed by atoms with Crippen molar-refractivity contribution in [2.45, 2.75) is 36.4 Å². The second-order valence-corrected chi connectivity index (χ2v) is 5.03. The molecular formula is C13H17N3OS. The van der Waals surface area contributed by atoms with Crippen molar-refractivity contribution < 1.29 is 4.42 Å². The first-order chi connectivity index (χ1) is 8.72. The zero-order valence-corrected chi connectivity index (χ0v) is 11.6. The molecule has 2 rings (SSSR count). The van der Waals surface area contributed by atoms with Crippen LogP contribution >= 0.6 is 11.8 Å². The quantitative estimate of drug-likeness (QED) is 0.897. The van der Waals surface area contributed by atoms with Crippen LogP contribution in [0.15, 0.2) is 38.8 Å². The molecule has 96 valence electrons. The van der Waals surface area contributed by atoms with Gasteiger partial charge in [0.05, 0.1) is 0 Å². The molecule has 0 radical (unpaired) electrons. The van der Waals surface area contributed by atoms with Gasteiger partial charge in [-0.15, -0.1) is 10.2 Å². The van der Waals surface area contributed by atoms with Crippen LogP contribution in [-0.2, 0) is 0 Å². The molecule has 0 spiro atoms. The number of nitrogens with zero attached hydrogens (tertiary/aromatic N) is 2. The lowest BCUT2D eigenvalue weighted by Crippen LogP contribution is -2.14. The number of hydrogen-bond donors (Lipinski definition) is 1. The van der Waals surface area contributed by atoms with E-state index in [9.17, 15) is 0 Å². The topological polar surface area (TPSA) is 51.0 Å². The fourth-order valence-electron chi connectivity index (χ4n) is 1.80. The van der Waals surface area contributed by atoms with E-state index in [1.165, 1.54) is 17.3 Å². The Morgan fingerprint density at radius 1 is 1.28 bits per heavy atom. The molecule has 0 saturated heterocycles. The summed E-state index contributed by atoms with van der Waals surface area (Å²) in [4.78, 5) is 1.10. The van der Waals surface area contributed by atoms with Crippen molar-refractivity contribution in [3.8, 4) is 0 Å². The molecule has 5 heteroatoms. The van der Waals surface area contributed by atoms with E-state index in [1.54, 1.807) is 6.92 Å². The molecule has 0 amide bonds. The average molecular weight is 263 g/mol. The highest BCUT2D eigenvalue weighted by molar-refractivity contribution is 7.99. The Labute approximate surface area is 111 Å². The number of rotatable bonds is 5. The standard InChI is InChI=1S/C13H17N3OS/c1-4-12(14-3)10-5-7-11(8-6-10)18-13-16-15-9(2)17-13/h5-8,12,14H,4H2,1-3H3.